The van der Waals surface area contributed by atoms with Crippen molar-refractivity contribution in [2.75, 3.05) is 33.7 Å². The molecule has 1 fully saturated rings. The summed E-state index contributed by atoms with van der Waals surface area (Å²) in [6.07, 6.45) is 2.71. The van der Waals surface area contributed by atoms with Crippen LogP contribution in [0.4, 0.5) is 0 Å². The Morgan fingerprint density at radius 3 is 2.50 bits per heavy atom. The largest absolute Gasteiger partial charge is 0.306 e. The minimum atomic E-state index is 0.567. The summed E-state index contributed by atoms with van der Waals surface area (Å²) < 4.78 is 0. The van der Waals surface area contributed by atoms with Crippen molar-refractivity contribution in [1.29, 1.82) is 0 Å². The first-order valence-electron chi connectivity index (χ1n) is 5.82. The van der Waals surface area contributed by atoms with Crippen LogP contribution in [0.1, 0.15) is 33.6 Å². The zero-order chi connectivity index (χ0) is 10.8. The highest BCUT2D eigenvalue weighted by molar-refractivity contribution is 4.85. The Labute approximate surface area is 89.3 Å². The van der Waals surface area contributed by atoms with Gasteiger partial charge in [0.2, 0.25) is 0 Å². The molecule has 0 aromatic heterocycles. The van der Waals surface area contributed by atoms with E-state index in [1.54, 1.807) is 0 Å². The van der Waals surface area contributed by atoms with Crippen molar-refractivity contribution in [3.63, 3.8) is 0 Å². The first kappa shape index (κ1) is 12.0. The van der Waals surface area contributed by atoms with Gasteiger partial charge in [-0.05, 0) is 59.3 Å². The highest BCUT2D eigenvalue weighted by atomic mass is 15.1. The molecule has 2 heteroatoms. The maximum atomic E-state index is 2.45. The molecular weight excluding hydrogens is 172 g/mol. The van der Waals surface area contributed by atoms with Crippen molar-refractivity contribution in [2.45, 2.75) is 39.7 Å². The van der Waals surface area contributed by atoms with Crippen LogP contribution >= 0.6 is 0 Å². The number of hydrogen-bond acceptors (Lipinski definition) is 2. The third kappa shape index (κ3) is 3.25. The van der Waals surface area contributed by atoms with Gasteiger partial charge in [-0.15, -0.1) is 0 Å². The lowest BCUT2D eigenvalue weighted by molar-refractivity contribution is 0.206. The number of hydrogen-bond donors (Lipinski definition) is 0. The summed E-state index contributed by atoms with van der Waals surface area (Å²) in [4.78, 5) is 4.90. The first-order valence-corrected chi connectivity index (χ1v) is 5.82. The summed E-state index contributed by atoms with van der Waals surface area (Å²) in [6.45, 7) is 10.8. The summed E-state index contributed by atoms with van der Waals surface area (Å²) in [5.41, 5.74) is 0.567. The maximum absolute atomic E-state index is 2.45. The second-order valence-electron chi connectivity index (χ2n) is 5.62. The van der Waals surface area contributed by atoms with E-state index < -0.39 is 0 Å². The normalized spacial score (nSPS) is 29.4. The van der Waals surface area contributed by atoms with Crippen LogP contribution in [0.25, 0.3) is 0 Å². The quantitative estimate of drug-likeness (QED) is 0.682. The molecule has 1 saturated heterocycles. The Morgan fingerprint density at radius 1 is 1.43 bits per heavy atom. The van der Waals surface area contributed by atoms with Gasteiger partial charge in [-0.25, -0.2) is 0 Å². The van der Waals surface area contributed by atoms with Gasteiger partial charge in [0.15, 0.2) is 0 Å². The smallest absolute Gasteiger partial charge is 0.00355 e. The summed E-state index contributed by atoms with van der Waals surface area (Å²) >= 11 is 0. The van der Waals surface area contributed by atoms with Crippen molar-refractivity contribution in [1.82, 2.24) is 9.80 Å². The molecule has 1 aliphatic rings. The molecule has 1 aliphatic heterocycles. The fraction of sp³-hybridized carbons (Fsp3) is 1.00. The second kappa shape index (κ2) is 4.63. The molecule has 1 unspecified atom stereocenters. The van der Waals surface area contributed by atoms with Crippen LogP contribution in [0, 0.1) is 5.41 Å². The molecule has 1 heterocycles. The van der Waals surface area contributed by atoms with Gasteiger partial charge in [0.1, 0.15) is 0 Å². The Hall–Kier alpha value is -0.0800. The monoisotopic (exact) mass is 198 g/mol. The fourth-order valence-electron chi connectivity index (χ4n) is 2.18. The van der Waals surface area contributed by atoms with Crippen LogP contribution in [-0.4, -0.2) is 49.6 Å². The van der Waals surface area contributed by atoms with Crippen LogP contribution in [0.2, 0.25) is 0 Å². The van der Waals surface area contributed by atoms with E-state index in [-0.39, 0.29) is 0 Å². The van der Waals surface area contributed by atoms with Gasteiger partial charge >= 0.3 is 0 Å². The van der Waals surface area contributed by atoms with Gasteiger partial charge in [-0.3, -0.25) is 0 Å². The standard InChI is InChI=1S/C12H26N2/c1-11(2)14(5)9-7-12(3)6-8-13(4)10-12/h11H,6-10H2,1-5H3. The zero-order valence-corrected chi connectivity index (χ0v) is 10.5. The van der Waals surface area contributed by atoms with E-state index in [1.165, 1.54) is 32.5 Å². The third-order valence-electron chi connectivity index (χ3n) is 3.70. The number of rotatable bonds is 4. The van der Waals surface area contributed by atoms with Crippen molar-refractivity contribution < 1.29 is 0 Å². The molecule has 1 atom stereocenters. The van der Waals surface area contributed by atoms with Gasteiger partial charge in [-0.1, -0.05) is 6.92 Å². The Morgan fingerprint density at radius 2 is 2.07 bits per heavy atom. The summed E-state index contributed by atoms with van der Waals surface area (Å²) in [6, 6.07) is 0.678. The fourth-order valence-corrected chi connectivity index (χ4v) is 2.18. The van der Waals surface area contributed by atoms with E-state index in [1.807, 2.05) is 0 Å². The third-order valence-corrected chi connectivity index (χ3v) is 3.70. The van der Waals surface area contributed by atoms with Crippen molar-refractivity contribution in [3.8, 4) is 0 Å². The summed E-state index contributed by atoms with van der Waals surface area (Å²) in [5.74, 6) is 0. The first-order chi connectivity index (χ1) is 6.43. The predicted octanol–water partition coefficient (Wildman–Crippen LogP) is 2.06. The topological polar surface area (TPSA) is 6.48 Å². The molecule has 0 N–H and O–H groups in total. The van der Waals surface area contributed by atoms with Crippen LogP contribution in [0.5, 0.6) is 0 Å². The lowest BCUT2D eigenvalue weighted by atomic mass is 9.86. The molecule has 0 bridgehead atoms. The minimum absolute atomic E-state index is 0.567. The second-order valence-corrected chi connectivity index (χ2v) is 5.62. The highest BCUT2D eigenvalue weighted by Gasteiger charge is 2.31. The van der Waals surface area contributed by atoms with E-state index in [0.717, 1.165) is 0 Å². The number of likely N-dealkylation sites (tertiary alicyclic amines) is 1. The zero-order valence-electron chi connectivity index (χ0n) is 10.5. The number of nitrogens with zero attached hydrogens (tertiary/aromatic N) is 2. The molecule has 1 rings (SSSR count). The lowest BCUT2D eigenvalue weighted by Gasteiger charge is -2.28. The molecule has 84 valence electrons. The molecule has 0 radical (unpaired) electrons. The van der Waals surface area contributed by atoms with E-state index >= 15 is 0 Å². The minimum Gasteiger partial charge on any atom is -0.306 e. The molecule has 0 amide bonds. The van der Waals surface area contributed by atoms with Gasteiger partial charge in [0.25, 0.3) is 0 Å². The van der Waals surface area contributed by atoms with Crippen LogP contribution in [-0.2, 0) is 0 Å². The van der Waals surface area contributed by atoms with Gasteiger partial charge in [0, 0.05) is 12.6 Å². The SMILES string of the molecule is CC(C)N(C)CCC1(C)CCN(C)C1. The van der Waals surface area contributed by atoms with Gasteiger partial charge in [-0.2, -0.15) is 0 Å². The Balaban J connectivity index is 2.30. The molecule has 0 saturated carbocycles. The van der Waals surface area contributed by atoms with Crippen molar-refractivity contribution >= 4 is 0 Å². The van der Waals surface area contributed by atoms with E-state index in [9.17, 15) is 0 Å². The Bertz CT molecular complexity index is 179. The molecule has 0 aromatic rings. The van der Waals surface area contributed by atoms with Crippen LogP contribution in [0.15, 0.2) is 0 Å². The van der Waals surface area contributed by atoms with Crippen LogP contribution < -0.4 is 0 Å². The average Bonchev–Trinajstić information content (AvgIpc) is 2.43. The van der Waals surface area contributed by atoms with Crippen molar-refractivity contribution in [3.05, 3.63) is 0 Å². The van der Waals surface area contributed by atoms with Gasteiger partial charge in [0.05, 0.1) is 0 Å². The molecule has 0 spiro atoms. The lowest BCUT2D eigenvalue weighted by Crippen LogP contribution is -2.32. The average molecular weight is 198 g/mol. The predicted molar refractivity (Wildman–Crippen MR) is 62.6 cm³/mol. The van der Waals surface area contributed by atoms with E-state index in [4.69, 9.17) is 0 Å². The van der Waals surface area contributed by atoms with E-state index in [2.05, 4.69) is 44.7 Å². The highest BCUT2D eigenvalue weighted by Crippen LogP contribution is 2.32. The summed E-state index contributed by atoms with van der Waals surface area (Å²) in [7, 11) is 4.46. The van der Waals surface area contributed by atoms with Crippen LogP contribution in [0.3, 0.4) is 0 Å². The molecule has 0 aromatic carbocycles. The maximum Gasteiger partial charge on any atom is 0.00355 e. The van der Waals surface area contributed by atoms with Crippen molar-refractivity contribution in [2.24, 2.45) is 5.41 Å². The summed E-state index contributed by atoms with van der Waals surface area (Å²) in [5, 5.41) is 0. The molecule has 2 nitrogen and oxygen atoms in total. The molecular formula is C12H26N2. The van der Waals surface area contributed by atoms with Gasteiger partial charge < -0.3 is 9.80 Å². The van der Waals surface area contributed by atoms with E-state index in [0.29, 0.717) is 11.5 Å². The molecule has 0 aliphatic carbocycles. The molecule has 14 heavy (non-hydrogen) atoms. The Kier molecular flexibility index (Phi) is 3.96.